The molecule has 0 aromatic heterocycles. The highest BCUT2D eigenvalue weighted by Crippen LogP contribution is 2.28. The van der Waals surface area contributed by atoms with Crippen molar-refractivity contribution in [2.45, 2.75) is 18.4 Å². The van der Waals surface area contributed by atoms with Gasteiger partial charge in [-0.15, -0.1) is 0 Å². The summed E-state index contributed by atoms with van der Waals surface area (Å²) >= 11 is 12.1. The van der Waals surface area contributed by atoms with Gasteiger partial charge in [0.1, 0.15) is 4.90 Å². The first-order valence-electron chi connectivity index (χ1n) is 6.61. The summed E-state index contributed by atoms with van der Waals surface area (Å²) in [6.07, 6.45) is 0. The number of sulfonamides is 1. The molecule has 0 spiro atoms. The third-order valence-corrected chi connectivity index (χ3v) is 5.08. The first-order chi connectivity index (χ1) is 9.77. The minimum atomic E-state index is -3.65. The summed E-state index contributed by atoms with van der Waals surface area (Å²) in [5, 5.41) is 3.69. The van der Waals surface area contributed by atoms with Gasteiger partial charge >= 0.3 is 0 Å². The lowest BCUT2D eigenvalue weighted by Gasteiger charge is -2.13. The van der Waals surface area contributed by atoms with Gasteiger partial charge < -0.3 is 10.2 Å². The van der Waals surface area contributed by atoms with E-state index in [1.807, 2.05) is 25.9 Å². The van der Waals surface area contributed by atoms with Crippen LogP contribution in [0.25, 0.3) is 0 Å². The number of rotatable bonds is 8. The van der Waals surface area contributed by atoms with Crippen molar-refractivity contribution in [3.8, 4) is 0 Å². The summed E-state index contributed by atoms with van der Waals surface area (Å²) in [6.45, 7) is 4.14. The quantitative estimate of drug-likeness (QED) is 0.749. The Morgan fingerprint density at radius 1 is 1.19 bits per heavy atom. The maximum atomic E-state index is 12.3. The fourth-order valence-corrected chi connectivity index (χ4v) is 3.54. The number of nitrogens with zero attached hydrogens (tertiary/aromatic N) is 1. The fourth-order valence-electron chi connectivity index (χ4n) is 1.65. The molecule has 8 heteroatoms. The summed E-state index contributed by atoms with van der Waals surface area (Å²) in [5.41, 5.74) is 0.705. The second kappa shape index (κ2) is 8.31. The van der Waals surface area contributed by atoms with Crippen LogP contribution < -0.4 is 10.0 Å². The second-order valence-electron chi connectivity index (χ2n) is 4.86. The molecule has 0 aliphatic heterocycles. The van der Waals surface area contributed by atoms with Crippen LogP contribution >= 0.6 is 23.2 Å². The lowest BCUT2D eigenvalue weighted by Crippen LogP contribution is -2.31. The van der Waals surface area contributed by atoms with Gasteiger partial charge in [-0.25, -0.2) is 13.1 Å². The van der Waals surface area contributed by atoms with Gasteiger partial charge in [0, 0.05) is 24.7 Å². The number of hydrogen-bond acceptors (Lipinski definition) is 4. The van der Waals surface area contributed by atoms with Crippen molar-refractivity contribution < 1.29 is 8.42 Å². The number of halogens is 2. The Bertz CT molecular complexity index is 577. The molecular formula is C13H21Cl2N3O2S. The monoisotopic (exact) mass is 353 g/mol. The van der Waals surface area contributed by atoms with Gasteiger partial charge in [0.15, 0.2) is 0 Å². The highest BCUT2D eigenvalue weighted by Gasteiger charge is 2.19. The highest BCUT2D eigenvalue weighted by molar-refractivity contribution is 7.89. The first-order valence-corrected chi connectivity index (χ1v) is 8.85. The van der Waals surface area contributed by atoms with Crippen LogP contribution in [-0.2, 0) is 16.6 Å². The Morgan fingerprint density at radius 2 is 1.86 bits per heavy atom. The molecule has 120 valence electrons. The Morgan fingerprint density at radius 3 is 2.43 bits per heavy atom. The van der Waals surface area contributed by atoms with Gasteiger partial charge in [0.25, 0.3) is 0 Å². The normalized spacial score (nSPS) is 12.1. The molecular weight excluding hydrogens is 333 g/mol. The minimum Gasteiger partial charge on any atom is -0.313 e. The predicted octanol–water partition coefficient (Wildman–Crippen LogP) is 1.94. The van der Waals surface area contributed by atoms with Crippen LogP contribution in [0, 0.1) is 0 Å². The summed E-state index contributed by atoms with van der Waals surface area (Å²) in [7, 11) is 0.100. The first kappa shape index (κ1) is 18.7. The van der Waals surface area contributed by atoms with Gasteiger partial charge in [-0.05, 0) is 38.3 Å². The molecule has 1 rings (SSSR count). The molecule has 2 N–H and O–H groups in total. The fraction of sp³-hybridized carbons (Fsp3) is 0.538. The standard InChI is InChI=1S/C13H21Cl2N3O2S/c1-4-16-9-10-7-13(12(15)8-11(10)14)21(19,20)17-5-6-18(2)3/h7-8,16-17H,4-6,9H2,1-3H3. The molecule has 1 aromatic rings. The molecule has 0 aliphatic carbocycles. The van der Waals surface area contributed by atoms with E-state index in [0.29, 0.717) is 30.2 Å². The van der Waals surface area contributed by atoms with Gasteiger partial charge in [-0.3, -0.25) is 0 Å². The van der Waals surface area contributed by atoms with Crippen molar-refractivity contribution in [3.05, 3.63) is 27.7 Å². The Labute approximate surface area is 136 Å². The minimum absolute atomic E-state index is 0.0558. The predicted molar refractivity (Wildman–Crippen MR) is 87.6 cm³/mol. The molecule has 0 aliphatic rings. The lowest BCUT2D eigenvalue weighted by atomic mass is 10.2. The van der Waals surface area contributed by atoms with Crippen molar-refractivity contribution in [1.82, 2.24) is 14.9 Å². The Balaban J connectivity index is 2.99. The third kappa shape index (κ3) is 5.73. The average molecular weight is 354 g/mol. The van der Waals surface area contributed by atoms with Crippen LogP contribution in [0.15, 0.2) is 17.0 Å². The molecule has 0 amide bonds. The van der Waals surface area contributed by atoms with E-state index >= 15 is 0 Å². The number of hydrogen-bond donors (Lipinski definition) is 2. The van der Waals surface area contributed by atoms with Gasteiger partial charge in [-0.1, -0.05) is 30.1 Å². The summed E-state index contributed by atoms with van der Waals surface area (Å²) in [4.78, 5) is 1.95. The second-order valence-corrected chi connectivity index (χ2v) is 7.41. The van der Waals surface area contributed by atoms with Crippen LogP contribution in [0.2, 0.25) is 10.0 Å². The van der Waals surface area contributed by atoms with E-state index in [4.69, 9.17) is 23.2 Å². The number of nitrogens with one attached hydrogen (secondary N) is 2. The van der Waals surface area contributed by atoms with E-state index in [9.17, 15) is 8.42 Å². The molecule has 5 nitrogen and oxygen atoms in total. The van der Waals surface area contributed by atoms with Crippen molar-refractivity contribution >= 4 is 33.2 Å². The average Bonchev–Trinajstić information content (AvgIpc) is 2.36. The summed E-state index contributed by atoms with van der Waals surface area (Å²) in [5.74, 6) is 0. The van der Waals surface area contributed by atoms with Crippen molar-refractivity contribution in [1.29, 1.82) is 0 Å². The van der Waals surface area contributed by atoms with Crippen LogP contribution in [-0.4, -0.2) is 47.0 Å². The van der Waals surface area contributed by atoms with Crippen molar-refractivity contribution in [2.24, 2.45) is 0 Å². The van der Waals surface area contributed by atoms with E-state index in [1.54, 1.807) is 0 Å². The topological polar surface area (TPSA) is 61.4 Å². The molecule has 0 atom stereocenters. The van der Waals surface area contributed by atoms with E-state index in [0.717, 1.165) is 6.54 Å². The number of benzene rings is 1. The smallest absolute Gasteiger partial charge is 0.242 e. The van der Waals surface area contributed by atoms with Crippen LogP contribution in [0.1, 0.15) is 12.5 Å². The lowest BCUT2D eigenvalue weighted by molar-refractivity contribution is 0.412. The highest BCUT2D eigenvalue weighted by atomic mass is 35.5. The summed E-state index contributed by atoms with van der Waals surface area (Å²) in [6, 6.07) is 2.99. The SMILES string of the molecule is CCNCc1cc(S(=O)(=O)NCCN(C)C)c(Cl)cc1Cl. The van der Waals surface area contributed by atoms with Crippen LogP contribution in [0.5, 0.6) is 0 Å². The molecule has 0 bridgehead atoms. The molecule has 21 heavy (non-hydrogen) atoms. The van der Waals surface area contributed by atoms with E-state index in [-0.39, 0.29) is 9.92 Å². The Kier molecular flexibility index (Phi) is 7.39. The van der Waals surface area contributed by atoms with Gasteiger partial charge in [0.05, 0.1) is 5.02 Å². The van der Waals surface area contributed by atoms with E-state index < -0.39 is 10.0 Å². The van der Waals surface area contributed by atoms with Crippen molar-refractivity contribution in [3.63, 3.8) is 0 Å². The van der Waals surface area contributed by atoms with Gasteiger partial charge in [-0.2, -0.15) is 0 Å². The zero-order chi connectivity index (χ0) is 16.0. The molecule has 0 saturated carbocycles. The zero-order valence-corrected chi connectivity index (χ0v) is 14.7. The molecule has 0 heterocycles. The largest absolute Gasteiger partial charge is 0.313 e. The third-order valence-electron chi connectivity index (χ3n) is 2.81. The molecule has 0 radical (unpaired) electrons. The van der Waals surface area contributed by atoms with E-state index in [2.05, 4.69) is 10.0 Å². The van der Waals surface area contributed by atoms with Crippen LogP contribution in [0.4, 0.5) is 0 Å². The molecule has 0 fully saturated rings. The van der Waals surface area contributed by atoms with Crippen LogP contribution in [0.3, 0.4) is 0 Å². The van der Waals surface area contributed by atoms with Crippen molar-refractivity contribution in [2.75, 3.05) is 33.7 Å². The van der Waals surface area contributed by atoms with Gasteiger partial charge in [0.2, 0.25) is 10.0 Å². The molecule has 1 aromatic carbocycles. The molecule has 0 saturated heterocycles. The zero-order valence-electron chi connectivity index (χ0n) is 12.4. The van der Waals surface area contributed by atoms with E-state index in [1.165, 1.54) is 12.1 Å². The Hall–Kier alpha value is -0.370. The maximum absolute atomic E-state index is 12.3. The number of likely N-dealkylation sites (N-methyl/N-ethyl adjacent to an activating group) is 1. The molecule has 0 unspecified atom stereocenters. The summed E-state index contributed by atoms with van der Waals surface area (Å²) < 4.78 is 27.1. The maximum Gasteiger partial charge on any atom is 0.242 e.